The Morgan fingerprint density at radius 1 is 1.14 bits per heavy atom. The number of carbonyl (C=O) groups excluding carboxylic acids is 1. The molecule has 2 N–H and O–H groups in total. The van der Waals surface area contributed by atoms with Crippen LogP contribution in [0.25, 0.3) is 11.2 Å². The highest BCUT2D eigenvalue weighted by Crippen LogP contribution is 2.36. The molecule has 0 saturated carbocycles. The van der Waals surface area contributed by atoms with E-state index in [1.54, 1.807) is 60.7 Å². The van der Waals surface area contributed by atoms with Gasteiger partial charge in [0, 0.05) is 12.2 Å². The first-order valence-electron chi connectivity index (χ1n) is 11.0. The maximum absolute atomic E-state index is 15.9. The van der Waals surface area contributed by atoms with Gasteiger partial charge in [-0.25, -0.2) is 14.2 Å². The zero-order valence-corrected chi connectivity index (χ0v) is 20.5. The number of carbonyl (C=O) groups is 1. The van der Waals surface area contributed by atoms with E-state index in [4.69, 9.17) is 48.5 Å². The fourth-order valence-corrected chi connectivity index (χ4v) is 4.24. The summed E-state index contributed by atoms with van der Waals surface area (Å²) in [5.74, 6) is -0.315. The molecule has 2 aromatic carbocycles. The lowest BCUT2D eigenvalue weighted by atomic mass is 10.1. The van der Waals surface area contributed by atoms with Gasteiger partial charge >= 0.3 is 11.2 Å². The third-order valence-electron chi connectivity index (χ3n) is 5.50. The topological polar surface area (TPSA) is 124 Å². The molecule has 5 rings (SSSR count). The van der Waals surface area contributed by atoms with Crippen LogP contribution in [0, 0.1) is 0 Å². The molecule has 0 amide bonds. The molecule has 2 aromatic heterocycles. The van der Waals surface area contributed by atoms with Crippen LogP contribution in [0.5, 0.6) is 5.75 Å². The Hall–Kier alpha value is -3.87. The summed E-state index contributed by atoms with van der Waals surface area (Å²) in [6.07, 6.45) is -4.13. The molecule has 190 valence electrons. The van der Waals surface area contributed by atoms with E-state index in [2.05, 4.69) is 15.0 Å². The van der Waals surface area contributed by atoms with Crippen LogP contribution in [0.4, 0.5) is 10.3 Å². The van der Waals surface area contributed by atoms with Crippen LogP contribution in [0.15, 0.2) is 67.0 Å². The highest BCUT2D eigenvalue weighted by Gasteiger charge is 2.49. The first-order chi connectivity index (χ1) is 17.9. The first kappa shape index (κ1) is 24.8. The molecule has 1 saturated heterocycles. The van der Waals surface area contributed by atoms with Gasteiger partial charge in [-0.05, 0) is 24.3 Å². The Labute approximate surface area is 220 Å². The molecule has 0 aliphatic carbocycles. The predicted molar refractivity (Wildman–Crippen MR) is 135 cm³/mol. The van der Waals surface area contributed by atoms with Crippen molar-refractivity contribution in [3.63, 3.8) is 0 Å². The normalized spacial score (nSPS) is 21.0. The molecular weight excluding hydrogens is 525 g/mol. The van der Waals surface area contributed by atoms with Crippen LogP contribution in [-0.2, 0) is 14.2 Å². The number of halogens is 2. The Morgan fingerprint density at radius 2 is 1.84 bits per heavy atom. The number of hydrogen-bond acceptors (Lipinski definition) is 10. The van der Waals surface area contributed by atoms with Crippen LogP contribution in [0.3, 0.4) is 0 Å². The van der Waals surface area contributed by atoms with Gasteiger partial charge in [-0.15, -0.1) is 0 Å². The summed E-state index contributed by atoms with van der Waals surface area (Å²) in [5, 5.41) is -0.319. The van der Waals surface area contributed by atoms with Crippen molar-refractivity contribution in [1.29, 1.82) is 0 Å². The van der Waals surface area contributed by atoms with Crippen LogP contribution >= 0.6 is 23.8 Å². The van der Waals surface area contributed by atoms with Crippen LogP contribution < -0.4 is 10.5 Å². The van der Waals surface area contributed by atoms with Gasteiger partial charge in [0.05, 0.1) is 11.9 Å². The fraction of sp³-hybridized carbons (Fsp3) is 0.208. The summed E-state index contributed by atoms with van der Waals surface area (Å²) >= 11 is 11.3. The van der Waals surface area contributed by atoms with E-state index in [1.807, 2.05) is 0 Å². The molecule has 37 heavy (non-hydrogen) atoms. The highest BCUT2D eigenvalue weighted by atomic mass is 35.5. The van der Waals surface area contributed by atoms with E-state index >= 15 is 4.39 Å². The molecule has 4 aromatic rings. The SMILES string of the molecule is Nc1nc(Cl)c2ncn([C@@H]3O[C@H](COC(=O)c4ccccc4)[C@@H](OC(=S)Oc4ccccc4)[C@H]3F)c2n1. The van der Waals surface area contributed by atoms with Gasteiger partial charge in [0.2, 0.25) is 5.95 Å². The summed E-state index contributed by atoms with van der Waals surface area (Å²) in [5.41, 5.74) is 6.42. The lowest BCUT2D eigenvalue weighted by Crippen LogP contribution is -2.37. The Kier molecular flexibility index (Phi) is 7.12. The summed E-state index contributed by atoms with van der Waals surface area (Å²) in [6.45, 7) is -0.326. The lowest BCUT2D eigenvalue weighted by Gasteiger charge is -2.20. The number of alkyl halides is 1. The summed E-state index contributed by atoms with van der Waals surface area (Å²) in [4.78, 5) is 24.6. The Balaban J connectivity index is 1.39. The molecular formula is C24H19ClFN5O5S. The second-order valence-electron chi connectivity index (χ2n) is 7.92. The number of benzene rings is 2. The van der Waals surface area contributed by atoms with Crippen molar-refractivity contribution in [2.75, 3.05) is 12.3 Å². The molecule has 13 heteroatoms. The van der Waals surface area contributed by atoms with Crippen molar-refractivity contribution in [3.05, 3.63) is 77.7 Å². The Bertz CT molecular complexity index is 1430. The number of nitrogen functional groups attached to an aromatic ring is 1. The van der Waals surface area contributed by atoms with Gasteiger partial charge < -0.3 is 24.7 Å². The van der Waals surface area contributed by atoms with Gasteiger partial charge in [0.25, 0.3) is 0 Å². The summed E-state index contributed by atoms with van der Waals surface area (Å²) < 4.78 is 39.7. The van der Waals surface area contributed by atoms with Crippen LogP contribution in [0.1, 0.15) is 16.6 Å². The number of nitrogens with zero attached hydrogens (tertiary/aromatic N) is 4. The zero-order chi connectivity index (χ0) is 25.9. The number of imidazole rings is 1. The van der Waals surface area contributed by atoms with Crippen molar-refractivity contribution in [2.24, 2.45) is 0 Å². The minimum atomic E-state index is -1.80. The standard InChI is InChI=1S/C24H19ClFN5O5S/c25-19-17-20(30-23(27)29-19)31(12-28-17)21-16(26)18(36-24(37)34-14-9-5-2-6-10-14)15(35-21)11-33-22(32)13-7-3-1-4-8-13/h1-10,12,15-16,18,21H,11H2,(H2,27,29,30)/t15-,16-,18-,21-/m1/s1. The molecule has 0 bridgehead atoms. The molecule has 0 radical (unpaired) electrons. The molecule has 10 nitrogen and oxygen atoms in total. The zero-order valence-electron chi connectivity index (χ0n) is 18.9. The number of anilines is 1. The number of rotatable bonds is 6. The number of hydrogen-bond donors (Lipinski definition) is 1. The van der Waals surface area contributed by atoms with Crippen molar-refractivity contribution >= 4 is 52.1 Å². The molecule has 1 fully saturated rings. The highest BCUT2D eigenvalue weighted by molar-refractivity contribution is 7.79. The molecule has 0 spiro atoms. The number of fused-ring (bicyclic) bond motifs is 1. The number of nitrogens with two attached hydrogens (primary N) is 1. The minimum absolute atomic E-state index is 0.00763. The van der Waals surface area contributed by atoms with E-state index < -0.39 is 30.6 Å². The average Bonchev–Trinajstić information content (AvgIpc) is 3.44. The number of para-hydroxylation sites is 1. The van der Waals surface area contributed by atoms with Crippen molar-refractivity contribution in [2.45, 2.75) is 24.6 Å². The molecule has 1 aliphatic rings. The van der Waals surface area contributed by atoms with Gasteiger partial charge in [-0.2, -0.15) is 9.97 Å². The second kappa shape index (κ2) is 10.6. The quantitative estimate of drug-likeness (QED) is 0.217. The number of esters is 1. The van der Waals surface area contributed by atoms with Crippen LogP contribution in [-0.4, -0.2) is 55.7 Å². The monoisotopic (exact) mass is 543 g/mol. The van der Waals surface area contributed by atoms with Gasteiger partial charge in [-0.3, -0.25) is 4.57 Å². The fourth-order valence-electron chi connectivity index (χ4n) is 3.81. The molecule has 4 atom stereocenters. The third kappa shape index (κ3) is 5.31. The number of ether oxygens (including phenoxy) is 4. The van der Waals surface area contributed by atoms with Gasteiger partial charge in [0.1, 0.15) is 24.0 Å². The number of thiocarbonyl (C=S) groups is 1. The van der Waals surface area contributed by atoms with E-state index in [9.17, 15) is 4.79 Å². The van der Waals surface area contributed by atoms with E-state index in [0.29, 0.717) is 11.3 Å². The minimum Gasteiger partial charge on any atom is -0.459 e. The van der Waals surface area contributed by atoms with E-state index in [1.165, 1.54) is 10.9 Å². The summed E-state index contributed by atoms with van der Waals surface area (Å²) in [7, 11) is 0. The molecule has 3 heterocycles. The lowest BCUT2D eigenvalue weighted by molar-refractivity contribution is -0.0525. The molecule has 0 unspecified atom stereocenters. The maximum atomic E-state index is 15.9. The van der Waals surface area contributed by atoms with E-state index in [-0.39, 0.29) is 34.1 Å². The van der Waals surface area contributed by atoms with Crippen molar-refractivity contribution in [3.8, 4) is 5.75 Å². The van der Waals surface area contributed by atoms with Gasteiger partial charge in [0.15, 0.2) is 29.3 Å². The third-order valence-corrected chi connectivity index (χ3v) is 5.95. The summed E-state index contributed by atoms with van der Waals surface area (Å²) in [6, 6.07) is 17.0. The first-order valence-corrected chi connectivity index (χ1v) is 11.8. The van der Waals surface area contributed by atoms with Crippen molar-refractivity contribution < 1.29 is 28.1 Å². The average molecular weight is 544 g/mol. The predicted octanol–water partition coefficient (Wildman–Crippen LogP) is 3.90. The second-order valence-corrected chi connectivity index (χ2v) is 8.61. The Morgan fingerprint density at radius 3 is 2.57 bits per heavy atom. The maximum Gasteiger partial charge on any atom is 0.358 e. The smallest absolute Gasteiger partial charge is 0.358 e. The number of aromatic nitrogens is 4. The van der Waals surface area contributed by atoms with Crippen LogP contribution in [0.2, 0.25) is 5.15 Å². The largest absolute Gasteiger partial charge is 0.459 e. The van der Waals surface area contributed by atoms with E-state index in [0.717, 1.165) is 0 Å². The van der Waals surface area contributed by atoms with Gasteiger partial charge in [-0.1, -0.05) is 48.0 Å². The van der Waals surface area contributed by atoms with Crippen molar-refractivity contribution in [1.82, 2.24) is 19.5 Å². The molecule has 1 aliphatic heterocycles.